The number of hydrogen-bond acceptors (Lipinski definition) is 3. The highest BCUT2D eigenvalue weighted by atomic mass is 35.5. The van der Waals surface area contributed by atoms with E-state index in [4.69, 9.17) is 17.5 Å². The average molecular weight is 195 g/mol. The quantitative estimate of drug-likeness (QED) is 0.708. The summed E-state index contributed by atoms with van der Waals surface area (Å²) in [6.45, 7) is 0. The largest absolute Gasteiger partial charge is 0.411 e. The van der Waals surface area contributed by atoms with Gasteiger partial charge in [0.15, 0.2) is 5.75 Å². The van der Waals surface area contributed by atoms with Gasteiger partial charge in [0.05, 0.1) is 5.52 Å². The zero-order chi connectivity index (χ0) is 9.26. The Morgan fingerprint density at radius 1 is 1.31 bits per heavy atom. The molecule has 1 heterocycles. The molecule has 0 atom stereocenters. The van der Waals surface area contributed by atoms with Gasteiger partial charge in [-0.1, -0.05) is 11.6 Å². The van der Waals surface area contributed by atoms with Gasteiger partial charge < -0.3 is 4.84 Å². The number of benzene rings is 1. The van der Waals surface area contributed by atoms with E-state index in [9.17, 15) is 0 Å². The van der Waals surface area contributed by atoms with Crippen LogP contribution in [0, 0.1) is 0 Å². The van der Waals surface area contributed by atoms with Gasteiger partial charge in [0.25, 0.3) is 0 Å². The molecule has 13 heavy (non-hydrogen) atoms. The van der Waals surface area contributed by atoms with Crippen molar-refractivity contribution in [1.82, 2.24) is 4.98 Å². The second-order valence-corrected chi connectivity index (χ2v) is 3.02. The third-order valence-electron chi connectivity index (χ3n) is 1.79. The predicted molar refractivity (Wildman–Crippen MR) is 51.6 cm³/mol. The fourth-order valence-electron chi connectivity index (χ4n) is 1.20. The first-order chi connectivity index (χ1) is 6.31. The van der Waals surface area contributed by atoms with Gasteiger partial charge in [-0.2, -0.15) is 5.90 Å². The summed E-state index contributed by atoms with van der Waals surface area (Å²) in [4.78, 5) is 8.81. The molecule has 0 aliphatic rings. The topological polar surface area (TPSA) is 48.1 Å². The molecule has 66 valence electrons. The number of halogens is 1. The van der Waals surface area contributed by atoms with Crippen LogP contribution in [-0.2, 0) is 0 Å². The third kappa shape index (κ3) is 1.43. The molecule has 0 fully saturated rings. The molecule has 0 saturated heterocycles. The zero-order valence-electron chi connectivity index (χ0n) is 6.70. The summed E-state index contributed by atoms with van der Waals surface area (Å²) in [5, 5.41) is 1.50. The van der Waals surface area contributed by atoms with E-state index in [2.05, 4.69) is 9.82 Å². The fourth-order valence-corrected chi connectivity index (χ4v) is 1.36. The molecule has 1 aromatic carbocycles. The molecule has 2 aromatic rings. The van der Waals surface area contributed by atoms with E-state index in [1.807, 2.05) is 6.07 Å². The minimum absolute atomic E-state index is 0.599. The third-order valence-corrected chi connectivity index (χ3v) is 2.03. The molecule has 0 aliphatic heterocycles. The van der Waals surface area contributed by atoms with Crippen molar-refractivity contribution in [2.75, 3.05) is 0 Å². The Labute approximate surface area is 80.0 Å². The molecule has 1 aromatic heterocycles. The van der Waals surface area contributed by atoms with E-state index in [1.165, 1.54) is 0 Å². The van der Waals surface area contributed by atoms with Crippen LogP contribution in [0.25, 0.3) is 10.9 Å². The molecule has 0 unspecified atom stereocenters. The van der Waals surface area contributed by atoms with Crippen LogP contribution in [0.4, 0.5) is 0 Å². The van der Waals surface area contributed by atoms with Gasteiger partial charge in [0.1, 0.15) is 0 Å². The van der Waals surface area contributed by atoms with E-state index in [-0.39, 0.29) is 0 Å². The number of hydrogen-bond donors (Lipinski definition) is 1. The molecule has 0 saturated carbocycles. The fraction of sp³-hybridized carbons (Fsp3) is 0. The van der Waals surface area contributed by atoms with Crippen LogP contribution < -0.4 is 10.7 Å². The first kappa shape index (κ1) is 8.29. The van der Waals surface area contributed by atoms with Crippen molar-refractivity contribution in [3.8, 4) is 5.75 Å². The summed E-state index contributed by atoms with van der Waals surface area (Å²) in [5.74, 6) is 5.69. The molecule has 2 rings (SSSR count). The summed E-state index contributed by atoms with van der Waals surface area (Å²) in [7, 11) is 0. The van der Waals surface area contributed by atoms with Crippen molar-refractivity contribution in [2.45, 2.75) is 0 Å². The first-order valence-corrected chi connectivity index (χ1v) is 4.10. The van der Waals surface area contributed by atoms with Crippen LogP contribution in [-0.4, -0.2) is 4.98 Å². The molecule has 0 amide bonds. The van der Waals surface area contributed by atoms with Crippen LogP contribution >= 0.6 is 11.6 Å². The number of rotatable bonds is 1. The lowest BCUT2D eigenvalue weighted by atomic mass is 10.2. The van der Waals surface area contributed by atoms with Gasteiger partial charge in [0.2, 0.25) is 0 Å². The Morgan fingerprint density at radius 3 is 2.92 bits per heavy atom. The minimum Gasteiger partial charge on any atom is -0.411 e. The Kier molecular flexibility index (Phi) is 2.04. The van der Waals surface area contributed by atoms with Crippen LogP contribution in [0.1, 0.15) is 0 Å². The Hall–Kier alpha value is -1.32. The van der Waals surface area contributed by atoms with Gasteiger partial charge in [-0.25, -0.2) is 0 Å². The molecule has 0 bridgehead atoms. The maximum absolute atomic E-state index is 5.80. The van der Waals surface area contributed by atoms with Gasteiger partial charge >= 0.3 is 0 Å². The highest BCUT2D eigenvalue weighted by molar-refractivity contribution is 6.31. The van der Waals surface area contributed by atoms with Gasteiger partial charge in [0, 0.05) is 22.7 Å². The molecule has 4 heteroatoms. The van der Waals surface area contributed by atoms with Crippen molar-refractivity contribution in [2.24, 2.45) is 5.90 Å². The van der Waals surface area contributed by atoms with Crippen molar-refractivity contribution in [3.05, 3.63) is 35.5 Å². The van der Waals surface area contributed by atoms with Crippen LogP contribution in [0.5, 0.6) is 5.75 Å². The Bertz CT molecular complexity index is 445. The number of fused-ring (bicyclic) bond motifs is 1. The lowest BCUT2D eigenvalue weighted by Crippen LogP contribution is -2.02. The molecular weight excluding hydrogens is 188 g/mol. The van der Waals surface area contributed by atoms with Crippen molar-refractivity contribution >= 4 is 22.5 Å². The van der Waals surface area contributed by atoms with Gasteiger partial charge in [-0.05, 0) is 18.2 Å². The lowest BCUT2D eigenvalue weighted by molar-refractivity contribution is 0.338. The maximum atomic E-state index is 5.80. The molecular formula is C9H7ClN2O. The summed E-state index contributed by atoms with van der Waals surface area (Å²) < 4.78 is 0. The molecule has 0 radical (unpaired) electrons. The first-order valence-electron chi connectivity index (χ1n) is 3.72. The van der Waals surface area contributed by atoms with Crippen LogP contribution in [0.2, 0.25) is 5.02 Å². The molecule has 3 nitrogen and oxygen atoms in total. The maximum Gasteiger partial charge on any atom is 0.157 e. The van der Waals surface area contributed by atoms with E-state index >= 15 is 0 Å². The Balaban J connectivity index is 2.77. The molecule has 0 spiro atoms. The second-order valence-electron chi connectivity index (χ2n) is 2.59. The van der Waals surface area contributed by atoms with Crippen LogP contribution in [0.3, 0.4) is 0 Å². The van der Waals surface area contributed by atoms with Crippen molar-refractivity contribution < 1.29 is 4.84 Å². The van der Waals surface area contributed by atoms with E-state index in [0.717, 1.165) is 10.9 Å². The van der Waals surface area contributed by atoms with E-state index in [0.29, 0.717) is 10.8 Å². The lowest BCUT2D eigenvalue weighted by Gasteiger charge is -2.02. The monoisotopic (exact) mass is 194 g/mol. The highest BCUT2D eigenvalue weighted by Crippen LogP contribution is 2.24. The SMILES string of the molecule is NOc1ccnc2cc(Cl)ccc12. The van der Waals surface area contributed by atoms with Gasteiger partial charge in [-0.3, -0.25) is 4.98 Å². The number of pyridine rings is 1. The average Bonchev–Trinajstić information content (AvgIpc) is 2.16. The summed E-state index contributed by atoms with van der Waals surface area (Å²) in [6.07, 6.45) is 1.63. The molecule has 0 aliphatic carbocycles. The standard InChI is InChI=1S/C9H7ClN2O/c10-6-1-2-7-8(5-6)12-4-3-9(7)13-11/h1-5H,11H2. The van der Waals surface area contributed by atoms with Gasteiger partial charge in [-0.15, -0.1) is 0 Å². The smallest absolute Gasteiger partial charge is 0.157 e. The normalized spacial score (nSPS) is 10.3. The van der Waals surface area contributed by atoms with E-state index in [1.54, 1.807) is 24.4 Å². The highest BCUT2D eigenvalue weighted by Gasteiger charge is 2.01. The van der Waals surface area contributed by atoms with E-state index < -0.39 is 0 Å². The van der Waals surface area contributed by atoms with Crippen molar-refractivity contribution in [1.29, 1.82) is 0 Å². The second kappa shape index (κ2) is 3.20. The van der Waals surface area contributed by atoms with Crippen LogP contribution in [0.15, 0.2) is 30.5 Å². The summed E-state index contributed by atoms with van der Waals surface area (Å²) in [5.41, 5.74) is 0.774. The number of nitrogens with two attached hydrogens (primary N) is 1. The zero-order valence-corrected chi connectivity index (χ0v) is 7.45. The minimum atomic E-state index is 0.599. The summed E-state index contributed by atoms with van der Waals surface area (Å²) >= 11 is 5.80. The summed E-state index contributed by atoms with van der Waals surface area (Å²) in [6, 6.07) is 7.07. The van der Waals surface area contributed by atoms with Crippen molar-refractivity contribution in [3.63, 3.8) is 0 Å². The number of aromatic nitrogens is 1. The predicted octanol–water partition coefficient (Wildman–Crippen LogP) is 2.14. The Morgan fingerprint density at radius 2 is 2.15 bits per heavy atom. The molecule has 2 N–H and O–H groups in total. The number of nitrogens with zero attached hydrogens (tertiary/aromatic N) is 1.